The molecule has 0 saturated carbocycles. The van der Waals surface area contributed by atoms with E-state index in [9.17, 15) is 4.39 Å². The van der Waals surface area contributed by atoms with Gasteiger partial charge in [0.15, 0.2) is 0 Å². The molecule has 1 heterocycles. The average Bonchev–Trinajstić information content (AvgIpc) is 2.72. The molecule has 0 saturated heterocycles. The summed E-state index contributed by atoms with van der Waals surface area (Å²) in [6, 6.07) is 6.78. The van der Waals surface area contributed by atoms with Crippen molar-refractivity contribution in [3.8, 4) is 10.6 Å². The number of thiazole rings is 1. The van der Waals surface area contributed by atoms with Gasteiger partial charge in [-0.05, 0) is 32.0 Å². The fourth-order valence-corrected chi connectivity index (χ4v) is 2.78. The largest absolute Gasteiger partial charge is 0.312 e. The minimum atomic E-state index is -0.209. The molecular formula is C14H17FN2S. The molecule has 0 atom stereocenters. The molecule has 0 radical (unpaired) electrons. The molecule has 1 aromatic carbocycles. The Morgan fingerprint density at radius 2 is 2.11 bits per heavy atom. The third kappa shape index (κ3) is 2.94. The molecule has 0 aliphatic heterocycles. The summed E-state index contributed by atoms with van der Waals surface area (Å²) in [4.78, 5) is 5.64. The molecule has 0 amide bonds. The fourth-order valence-electron chi connectivity index (χ4n) is 1.72. The smallest absolute Gasteiger partial charge is 0.133 e. The van der Waals surface area contributed by atoms with Crippen molar-refractivity contribution in [3.63, 3.8) is 0 Å². The van der Waals surface area contributed by atoms with Gasteiger partial charge in [-0.1, -0.05) is 19.1 Å². The van der Waals surface area contributed by atoms with Gasteiger partial charge in [-0.3, -0.25) is 0 Å². The van der Waals surface area contributed by atoms with Crippen LogP contribution in [0.4, 0.5) is 4.39 Å². The van der Waals surface area contributed by atoms with E-state index in [4.69, 9.17) is 0 Å². The zero-order valence-corrected chi connectivity index (χ0v) is 11.5. The van der Waals surface area contributed by atoms with E-state index in [1.54, 1.807) is 23.5 Å². The van der Waals surface area contributed by atoms with Gasteiger partial charge in [0, 0.05) is 17.0 Å². The van der Waals surface area contributed by atoms with Crippen LogP contribution in [0, 0.1) is 12.7 Å². The Morgan fingerprint density at radius 1 is 1.33 bits per heavy atom. The molecule has 0 unspecified atom stereocenters. The van der Waals surface area contributed by atoms with Crippen LogP contribution in [0.1, 0.15) is 23.9 Å². The molecule has 2 nitrogen and oxygen atoms in total. The summed E-state index contributed by atoms with van der Waals surface area (Å²) in [5.74, 6) is -0.209. The Kier molecular flexibility index (Phi) is 4.44. The summed E-state index contributed by atoms with van der Waals surface area (Å²) in [5, 5.41) is 4.11. The SMILES string of the molecule is CCCNCc1sc(-c2ccccc2F)nc1C. The highest BCUT2D eigenvalue weighted by Crippen LogP contribution is 2.29. The second kappa shape index (κ2) is 6.07. The zero-order valence-electron chi connectivity index (χ0n) is 10.7. The van der Waals surface area contributed by atoms with E-state index in [0.29, 0.717) is 5.56 Å². The molecule has 18 heavy (non-hydrogen) atoms. The molecule has 0 fully saturated rings. The third-order valence-electron chi connectivity index (χ3n) is 2.71. The van der Waals surface area contributed by atoms with E-state index in [0.717, 1.165) is 30.2 Å². The number of nitrogens with zero attached hydrogens (tertiary/aromatic N) is 1. The van der Waals surface area contributed by atoms with Crippen LogP contribution in [0.3, 0.4) is 0 Å². The van der Waals surface area contributed by atoms with Crippen LogP contribution in [0.5, 0.6) is 0 Å². The Balaban J connectivity index is 2.21. The van der Waals surface area contributed by atoms with Crippen LogP contribution in [0.25, 0.3) is 10.6 Å². The first kappa shape index (κ1) is 13.2. The molecular weight excluding hydrogens is 247 g/mol. The van der Waals surface area contributed by atoms with Crippen molar-refractivity contribution in [1.82, 2.24) is 10.3 Å². The van der Waals surface area contributed by atoms with Gasteiger partial charge in [0.1, 0.15) is 10.8 Å². The predicted molar refractivity (Wildman–Crippen MR) is 74.2 cm³/mol. The van der Waals surface area contributed by atoms with Crippen LogP contribution in [0.2, 0.25) is 0 Å². The predicted octanol–water partition coefficient (Wildman–Crippen LogP) is 3.76. The minimum Gasteiger partial charge on any atom is -0.312 e. The van der Waals surface area contributed by atoms with Gasteiger partial charge < -0.3 is 5.32 Å². The lowest BCUT2D eigenvalue weighted by molar-refractivity contribution is 0.631. The lowest BCUT2D eigenvalue weighted by Gasteiger charge is -2.00. The normalized spacial score (nSPS) is 10.8. The van der Waals surface area contributed by atoms with E-state index in [1.165, 1.54) is 10.9 Å². The maximum atomic E-state index is 13.7. The molecule has 0 spiro atoms. The number of aromatic nitrogens is 1. The first-order valence-electron chi connectivity index (χ1n) is 6.14. The summed E-state index contributed by atoms with van der Waals surface area (Å²) in [7, 11) is 0. The van der Waals surface area contributed by atoms with E-state index in [-0.39, 0.29) is 5.82 Å². The van der Waals surface area contributed by atoms with Crippen molar-refractivity contribution in [2.45, 2.75) is 26.8 Å². The van der Waals surface area contributed by atoms with Crippen LogP contribution >= 0.6 is 11.3 Å². The molecule has 2 aromatic rings. The lowest BCUT2D eigenvalue weighted by Crippen LogP contribution is -2.13. The van der Waals surface area contributed by atoms with Crippen molar-refractivity contribution in [3.05, 3.63) is 40.7 Å². The van der Waals surface area contributed by atoms with Gasteiger partial charge in [-0.25, -0.2) is 9.37 Å². The summed E-state index contributed by atoms with van der Waals surface area (Å²) in [6.07, 6.45) is 1.11. The quantitative estimate of drug-likeness (QED) is 0.832. The van der Waals surface area contributed by atoms with Crippen LogP contribution in [-0.2, 0) is 6.54 Å². The van der Waals surface area contributed by atoms with Gasteiger partial charge in [0.25, 0.3) is 0 Å². The lowest BCUT2D eigenvalue weighted by atomic mass is 10.2. The van der Waals surface area contributed by atoms with Crippen LogP contribution < -0.4 is 5.32 Å². The van der Waals surface area contributed by atoms with Gasteiger partial charge in [0.2, 0.25) is 0 Å². The van der Waals surface area contributed by atoms with E-state index < -0.39 is 0 Å². The van der Waals surface area contributed by atoms with Crippen molar-refractivity contribution < 1.29 is 4.39 Å². The second-order valence-corrected chi connectivity index (χ2v) is 5.27. The summed E-state index contributed by atoms with van der Waals surface area (Å²) < 4.78 is 13.7. The van der Waals surface area contributed by atoms with E-state index >= 15 is 0 Å². The standard InChI is InChI=1S/C14H17FN2S/c1-3-8-16-9-13-10(2)17-14(18-13)11-6-4-5-7-12(11)15/h4-7,16H,3,8-9H2,1-2H3. The van der Waals surface area contributed by atoms with Crippen molar-refractivity contribution in [2.75, 3.05) is 6.54 Å². The monoisotopic (exact) mass is 264 g/mol. The number of aryl methyl sites for hydroxylation is 1. The summed E-state index contributed by atoms with van der Waals surface area (Å²) in [5.41, 5.74) is 1.58. The first-order chi connectivity index (χ1) is 8.72. The number of halogens is 1. The number of hydrogen-bond acceptors (Lipinski definition) is 3. The van der Waals surface area contributed by atoms with Gasteiger partial charge >= 0.3 is 0 Å². The molecule has 0 bridgehead atoms. The van der Waals surface area contributed by atoms with Crippen LogP contribution in [0.15, 0.2) is 24.3 Å². The maximum absolute atomic E-state index is 13.7. The Hall–Kier alpha value is -1.26. The maximum Gasteiger partial charge on any atom is 0.133 e. The third-order valence-corrected chi connectivity index (χ3v) is 3.90. The Labute approximate surface area is 111 Å². The number of rotatable bonds is 5. The fraction of sp³-hybridized carbons (Fsp3) is 0.357. The minimum absolute atomic E-state index is 0.209. The number of benzene rings is 1. The van der Waals surface area contributed by atoms with Gasteiger partial charge in [0.05, 0.1) is 5.69 Å². The molecule has 2 rings (SSSR count). The molecule has 96 valence electrons. The summed E-state index contributed by atoms with van der Waals surface area (Å²) in [6.45, 7) is 5.92. The van der Waals surface area contributed by atoms with Crippen LogP contribution in [-0.4, -0.2) is 11.5 Å². The number of hydrogen-bond donors (Lipinski definition) is 1. The van der Waals surface area contributed by atoms with Crippen molar-refractivity contribution in [1.29, 1.82) is 0 Å². The van der Waals surface area contributed by atoms with Gasteiger partial charge in [-0.2, -0.15) is 0 Å². The van der Waals surface area contributed by atoms with Crippen molar-refractivity contribution in [2.24, 2.45) is 0 Å². The molecule has 1 N–H and O–H groups in total. The van der Waals surface area contributed by atoms with E-state index in [2.05, 4.69) is 17.2 Å². The molecule has 1 aromatic heterocycles. The van der Waals surface area contributed by atoms with Gasteiger partial charge in [-0.15, -0.1) is 11.3 Å². The second-order valence-electron chi connectivity index (χ2n) is 4.18. The summed E-state index contributed by atoms with van der Waals surface area (Å²) >= 11 is 1.56. The molecule has 0 aliphatic carbocycles. The van der Waals surface area contributed by atoms with E-state index in [1.807, 2.05) is 13.0 Å². The highest BCUT2D eigenvalue weighted by atomic mass is 32.1. The zero-order chi connectivity index (χ0) is 13.0. The molecule has 0 aliphatic rings. The topological polar surface area (TPSA) is 24.9 Å². The number of nitrogens with one attached hydrogen (secondary N) is 1. The Bertz CT molecular complexity index is 522. The van der Waals surface area contributed by atoms with Crippen molar-refractivity contribution >= 4 is 11.3 Å². The highest BCUT2D eigenvalue weighted by molar-refractivity contribution is 7.15. The highest BCUT2D eigenvalue weighted by Gasteiger charge is 2.11. The Morgan fingerprint density at radius 3 is 2.83 bits per heavy atom. The molecule has 4 heteroatoms. The average molecular weight is 264 g/mol. The first-order valence-corrected chi connectivity index (χ1v) is 6.96.